The molecule has 5 N–H and O–H groups in total. The number of pyridine rings is 1. The molecule has 2 heterocycles. The first-order chi connectivity index (χ1) is 18.1. The highest BCUT2D eigenvalue weighted by Gasteiger charge is 2.29. The van der Waals surface area contributed by atoms with E-state index < -0.39 is 27.9 Å². The van der Waals surface area contributed by atoms with E-state index in [-0.39, 0.29) is 49.4 Å². The van der Waals surface area contributed by atoms with E-state index in [1.54, 1.807) is 31.2 Å². The molecule has 1 aliphatic heterocycles. The van der Waals surface area contributed by atoms with E-state index in [4.69, 9.17) is 15.7 Å². The third-order valence-corrected chi connectivity index (χ3v) is 7.06. The van der Waals surface area contributed by atoms with Crippen molar-refractivity contribution < 1.29 is 32.7 Å². The fourth-order valence-electron chi connectivity index (χ4n) is 3.62. The maximum absolute atomic E-state index is 12.7. The van der Waals surface area contributed by atoms with Crippen LogP contribution in [0.4, 0.5) is 5.69 Å². The first kappa shape index (κ1) is 28.3. The van der Waals surface area contributed by atoms with Gasteiger partial charge < -0.3 is 30.8 Å². The molecule has 14 nitrogen and oxygen atoms in total. The molecule has 0 unspecified atom stereocenters. The first-order valence-corrected chi connectivity index (χ1v) is 13.1. The van der Waals surface area contributed by atoms with Crippen molar-refractivity contribution in [3.8, 4) is 0 Å². The molecule has 1 atom stereocenters. The van der Waals surface area contributed by atoms with Crippen molar-refractivity contribution in [1.29, 1.82) is 0 Å². The Kier molecular flexibility index (Phi) is 9.56. The van der Waals surface area contributed by atoms with Crippen molar-refractivity contribution in [2.45, 2.75) is 17.9 Å². The van der Waals surface area contributed by atoms with Crippen molar-refractivity contribution >= 4 is 39.3 Å². The van der Waals surface area contributed by atoms with Crippen LogP contribution < -0.4 is 20.7 Å². The van der Waals surface area contributed by atoms with Crippen molar-refractivity contribution in [2.75, 3.05) is 44.2 Å². The number of sulfonamides is 1. The summed E-state index contributed by atoms with van der Waals surface area (Å²) in [6.07, 6.45) is 2.53. The predicted molar refractivity (Wildman–Crippen MR) is 136 cm³/mol. The van der Waals surface area contributed by atoms with Gasteiger partial charge in [-0.25, -0.2) is 8.42 Å². The van der Waals surface area contributed by atoms with Crippen LogP contribution in [0.2, 0.25) is 0 Å². The summed E-state index contributed by atoms with van der Waals surface area (Å²) in [5, 5.41) is 14.2. The van der Waals surface area contributed by atoms with Crippen LogP contribution >= 0.6 is 0 Å². The number of rotatable bonds is 11. The topological polar surface area (TPSA) is 197 Å². The number of amidine groups is 1. The highest BCUT2D eigenvalue weighted by atomic mass is 32.2. The van der Waals surface area contributed by atoms with Gasteiger partial charge in [-0.05, 0) is 43.3 Å². The second kappa shape index (κ2) is 12.8. The van der Waals surface area contributed by atoms with E-state index >= 15 is 0 Å². The molecule has 3 rings (SSSR count). The number of nitrogens with zero attached hydrogens (tertiary/aromatic N) is 4. The lowest BCUT2D eigenvalue weighted by molar-refractivity contribution is -0.145. The van der Waals surface area contributed by atoms with Crippen LogP contribution in [0.25, 0.3) is 0 Å². The van der Waals surface area contributed by atoms with Crippen LogP contribution in [0, 0.1) is 0 Å². The lowest BCUT2D eigenvalue weighted by atomic mass is 10.1. The van der Waals surface area contributed by atoms with Gasteiger partial charge in [0.1, 0.15) is 10.9 Å². The molecule has 2 aromatic rings. The fourth-order valence-corrected chi connectivity index (χ4v) is 4.77. The van der Waals surface area contributed by atoms with E-state index in [9.17, 15) is 22.8 Å². The summed E-state index contributed by atoms with van der Waals surface area (Å²) in [6, 6.07) is 8.17. The Morgan fingerprint density at radius 1 is 1.24 bits per heavy atom. The van der Waals surface area contributed by atoms with Crippen LogP contribution in [-0.2, 0) is 29.1 Å². The number of aromatic nitrogens is 1. The average molecular weight is 548 g/mol. The first-order valence-electron chi connectivity index (χ1n) is 11.6. The number of nitrogens with two attached hydrogens (primary N) is 1. The van der Waals surface area contributed by atoms with Crippen LogP contribution in [0.15, 0.2) is 58.8 Å². The predicted octanol–water partition coefficient (Wildman–Crippen LogP) is -1.15. The molecule has 0 radical (unpaired) electrons. The molecule has 15 heteroatoms. The molecule has 0 saturated carbocycles. The fraction of sp³-hybridized carbons (Fsp3) is 0.348. The Morgan fingerprint density at radius 2 is 1.97 bits per heavy atom. The molecule has 0 spiro atoms. The van der Waals surface area contributed by atoms with Gasteiger partial charge in [-0.1, -0.05) is 5.16 Å². The number of ether oxygens (including phenoxy) is 1. The van der Waals surface area contributed by atoms with E-state index in [1.165, 1.54) is 23.2 Å². The molecule has 1 fully saturated rings. The molecular formula is C23H29N7O7S. The number of piperazine rings is 1. The Bertz CT molecular complexity index is 1270. The highest BCUT2D eigenvalue weighted by Crippen LogP contribution is 2.18. The summed E-state index contributed by atoms with van der Waals surface area (Å²) in [6.45, 7) is 1.70. The third kappa shape index (κ3) is 7.39. The van der Waals surface area contributed by atoms with E-state index in [1.807, 2.05) is 4.90 Å². The SMILES string of the molecule is CCOC(=O)[C@H](CNC(=O)CN1CCN(c2ccc(C(N)=NO)cc2)CC1=O)NS(=O)(=O)c1cccnc1. The minimum absolute atomic E-state index is 0.0157. The van der Waals surface area contributed by atoms with Gasteiger partial charge in [0, 0.05) is 43.3 Å². The molecule has 0 bridgehead atoms. The molecule has 38 heavy (non-hydrogen) atoms. The number of nitrogens with one attached hydrogen (secondary N) is 2. The Morgan fingerprint density at radius 3 is 2.58 bits per heavy atom. The van der Waals surface area contributed by atoms with E-state index in [0.29, 0.717) is 12.1 Å². The van der Waals surface area contributed by atoms with Crippen molar-refractivity contribution in [3.05, 3.63) is 54.4 Å². The molecule has 2 amide bonds. The summed E-state index contributed by atoms with van der Waals surface area (Å²) in [7, 11) is -4.11. The summed E-state index contributed by atoms with van der Waals surface area (Å²) in [4.78, 5) is 44.4. The summed E-state index contributed by atoms with van der Waals surface area (Å²) < 4.78 is 32.4. The number of hydrogen-bond donors (Lipinski definition) is 4. The number of carbonyl (C=O) groups is 3. The van der Waals surface area contributed by atoms with Crippen molar-refractivity contribution in [2.24, 2.45) is 10.9 Å². The normalized spacial score (nSPS) is 15.2. The number of carbonyl (C=O) groups excluding carboxylic acids is 3. The van der Waals surface area contributed by atoms with Crippen LogP contribution in [0.5, 0.6) is 0 Å². The maximum atomic E-state index is 12.7. The Labute approximate surface area is 219 Å². The van der Waals surface area contributed by atoms with Crippen LogP contribution in [-0.4, -0.2) is 92.5 Å². The summed E-state index contributed by atoms with van der Waals surface area (Å²) >= 11 is 0. The average Bonchev–Trinajstić information content (AvgIpc) is 2.92. The molecule has 1 aliphatic rings. The van der Waals surface area contributed by atoms with Gasteiger partial charge in [-0.2, -0.15) is 4.72 Å². The smallest absolute Gasteiger partial charge is 0.326 e. The van der Waals surface area contributed by atoms with Crippen LogP contribution in [0.3, 0.4) is 0 Å². The zero-order valence-corrected chi connectivity index (χ0v) is 21.4. The van der Waals surface area contributed by atoms with Gasteiger partial charge in [-0.3, -0.25) is 19.4 Å². The largest absolute Gasteiger partial charge is 0.465 e. The van der Waals surface area contributed by atoms with Gasteiger partial charge in [-0.15, -0.1) is 0 Å². The molecule has 0 aliphatic carbocycles. The van der Waals surface area contributed by atoms with E-state index in [0.717, 1.165) is 11.9 Å². The molecular weight excluding hydrogens is 518 g/mol. The Balaban J connectivity index is 1.55. The number of esters is 1. The molecule has 204 valence electrons. The summed E-state index contributed by atoms with van der Waals surface area (Å²) in [5.41, 5.74) is 6.86. The standard InChI is InChI=1S/C23H29N7O7S/c1-2-37-23(33)19(28-38(35,36)18-4-3-9-25-12-18)13-26-20(31)14-30-11-10-29(15-21(30)32)17-7-5-16(6-8-17)22(24)27-34/h3-9,12,19,28,34H,2,10-11,13-15H2,1H3,(H2,24,27)(H,26,31)/t19-/m0/s1. The zero-order chi connectivity index (χ0) is 27.7. The lowest BCUT2D eigenvalue weighted by Gasteiger charge is -2.35. The molecule has 1 aromatic carbocycles. The monoisotopic (exact) mass is 547 g/mol. The lowest BCUT2D eigenvalue weighted by Crippen LogP contribution is -2.54. The van der Waals surface area contributed by atoms with Gasteiger partial charge >= 0.3 is 5.97 Å². The third-order valence-electron chi connectivity index (χ3n) is 5.61. The number of oxime groups is 1. The minimum Gasteiger partial charge on any atom is -0.465 e. The molecule has 1 aromatic heterocycles. The van der Waals surface area contributed by atoms with E-state index in [2.05, 4.69) is 20.2 Å². The summed E-state index contributed by atoms with van der Waals surface area (Å²) in [5.74, 6) is -1.74. The zero-order valence-electron chi connectivity index (χ0n) is 20.6. The number of benzene rings is 1. The molecule has 1 saturated heterocycles. The minimum atomic E-state index is -4.11. The van der Waals surface area contributed by atoms with Gasteiger partial charge in [0.2, 0.25) is 21.8 Å². The highest BCUT2D eigenvalue weighted by molar-refractivity contribution is 7.89. The van der Waals surface area contributed by atoms with Crippen LogP contribution in [0.1, 0.15) is 12.5 Å². The van der Waals surface area contributed by atoms with Crippen molar-refractivity contribution in [1.82, 2.24) is 19.9 Å². The number of anilines is 1. The maximum Gasteiger partial charge on any atom is 0.326 e. The quantitative estimate of drug-likeness (QED) is 0.0876. The second-order valence-corrected chi connectivity index (χ2v) is 9.90. The number of hydrogen-bond acceptors (Lipinski definition) is 10. The second-order valence-electron chi connectivity index (χ2n) is 8.19. The van der Waals surface area contributed by atoms with Gasteiger partial charge in [0.15, 0.2) is 5.84 Å². The Hall–Kier alpha value is -4.24. The van der Waals surface area contributed by atoms with Gasteiger partial charge in [0.05, 0.1) is 19.7 Å². The van der Waals surface area contributed by atoms with Gasteiger partial charge in [0.25, 0.3) is 0 Å². The number of amides is 2. The van der Waals surface area contributed by atoms with Crippen molar-refractivity contribution in [3.63, 3.8) is 0 Å².